The van der Waals surface area contributed by atoms with Crippen LogP contribution in [0.3, 0.4) is 0 Å². The molecule has 0 heterocycles. The van der Waals surface area contributed by atoms with E-state index in [-0.39, 0.29) is 35.7 Å². The van der Waals surface area contributed by atoms with Crippen molar-refractivity contribution in [3.63, 3.8) is 0 Å². The number of nitrogens with two attached hydrogens (primary N) is 2. The molecule has 3 aromatic carbocycles. The number of halogens is 2. The summed E-state index contributed by atoms with van der Waals surface area (Å²) in [6, 6.07) is 12.8. The summed E-state index contributed by atoms with van der Waals surface area (Å²) in [5.74, 6) is -1.33. The fourth-order valence-electron chi connectivity index (χ4n) is 3.54. The highest BCUT2D eigenvalue weighted by Crippen LogP contribution is 2.42. The van der Waals surface area contributed by atoms with Crippen LogP contribution in [0.4, 0.5) is 15.8 Å². The van der Waals surface area contributed by atoms with Crippen molar-refractivity contribution in [2.24, 2.45) is 5.73 Å². The molecule has 0 saturated heterocycles. The predicted molar refractivity (Wildman–Crippen MR) is 135 cm³/mol. The van der Waals surface area contributed by atoms with Gasteiger partial charge in [-0.3, -0.25) is 10.2 Å². The van der Waals surface area contributed by atoms with Crippen molar-refractivity contribution in [2.75, 3.05) is 17.6 Å². The van der Waals surface area contributed by atoms with E-state index in [1.807, 2.05) is 6.92 Å². The van der Waals surface area contributed by atoms with Gasteiger partial charge in [0.25, 0.3) is 0 Å². The lowest BCUT2D eigenvalue weighted by Gasteiger charge is -2.18. The second-order valence-corrected chi connectivity index (χ2v) is 8.24. The van der Waals surface area contributed by atoms with E-state index in [1.165, 1.54) is 12.1 Å². The number of rotatable bonds is 9. The maximum absolute atomic E-state index is 14.3. The van der Waals surface area contributed by atoms with Gasteiger partial charge in [-0.1, -0.05) is 42.8 Å². The molecule has 3 aromatic rings. The molecule has 7 nitrogen and oxygen atoms in total. The average molecular weight is 484 g/mol. The van der Waals surface area contributed by atoms with E-state index >= 15 is 0 Å². The van der Waals surface area contributed by atoms with Crippen molar-refractivity contribution < 1.29 is 14.3 Å². The molecule has 178 valence electrons. The Morgan fingerprint density at radius 2 is 1.97 bits per heavy atom. The van der Waals surface area contributed by atoms with Crippen LogP contribution in [0.1, 0.15) is 30.0 Å². The Balaban J connectivity index is 1.90. The molecule has 0 spiro atoms. The number of anilines is 2. The summed E-state index contributed by atoms with van der Waals surface area (Å²) in [6.45, 7) is 2.53. The molecule has 0 aliphatic carbocycles. The van der Waals surface area contributed by atoms with Crippen molar-refractivity contribution in [2.45, 2.75) is 26.3 Å². The molecule has 3 rings (SSSR count). The SMILES string of the molecule is CCCNc1cc(Cl)c(-c2cccc(N)c2)c(CC(=O)NCc2ccc(C(=N)N)cc2F)c1O. The summed E-state index contributed by atoms with van der Waals surface area (Å²) < 4.78 is 14.3. The molecule has 0 aromatic heterocycles. The Kier molecular flexibility index (Phi) is 7.96. The number of nitrogens with one attached hydrogen (secondary N) is 3. The Bertz CT molecular complexity index is 1230. The zero-order chi connectivity index (χ0) is 24.8. The van der Waals surface area contributed by atoms with Crippen molar-refractivity contribution in [1.29, 1.82) is 5.41 Å². The minimum Gasteiger partial charge on any atom is -0.505 e. The number of benzene rings is 3. The smallest absolute Gasteiger partial charge is 0.224 e. The molecular formula is C25H27ClFN5O2. The quantitative estimate of drug-likeness (QED) is 0.116. The standard InChI is InChI=1S/C25H27ClFN5O2/c1-2-8-31-21-12-19(26)23(14-4-3-5-17(28)9-14)18(24(21)34)11-22(33)32-13-16-7-6-15(25(29)30)10-20(16)27/h3-7,9-10,12,31,34H,2,8,11,13,28H2,1H3,(H3,29,30)(H,32,33). The lowest BCUT2D eigenvalue weighted by molar-refractivity contribution is -0.120. The molecule has 0 aliphatic heterocycles. The average Bonchev–Trinajstić information content (AvgIpc) is 2.79. The highest BCUT2D eigenvalue weighted by atomic mass is 35.5. The lowest BCUT2D eigenvalue weighted by atomic mass is 9.95. The van der Waals surface area contributed by atoms with E-state index in [9.17, 15) is 14.3 Å². The Labute approximate surface area is 202 Å². The summed E-state index contributed by atoms with van der Waals surface area (Å²) in [7, 11) is 0. The molecule has 0 radical (unpaired) electrons. The van der Waals surface area contributed by atoms with Crippen LogP contribution in [0.2, 0.25) is 5.02 Å². The van der Waals surface area contributed by atoms with Gasteiger partial charge in [-0.2, -0.15) is 0 Å². The molecule has 0 aliphatic rings. The number of amides is 1. The first-order chi connectivity index (χ1) is 16.2. The molecule has 1 amide bonds. The van der Waals surface area contributed by atoms with Crippen molar-refractivity contribution in [1.82, 2.24) is 5.32 Å². The Morgan fingerprint density at radius 3 is 2.62 bits per heavy atom. The van der Waals surface area contributed by atoms with E-state index in [2.05, 4.69) is 10.6 Å². The van der Waals surface area contributed by atoms with Crippen molar-refractivity contribution >= 4 is 34.7 Å². The largest absolute Gasteiger partial charge is 0.505 e. The number of carbonyl (C=O) groups is 1. The summed E-state index contributed by atoms with van der Waals surface area (Å²) in [6.07, 6.45) is 0.641. The molecule has 0 saturated carbocycles. The van der Waals surface area contributed by atoms with Crippen LogP contribution in [0.25, 0.3) is 11.1 Å². The number of aromatic hydroxyl groups is 1. The summed E-state index contributed by atoms with van der Waals surface area (Å²) in [5, 5.41) is 24.5. The minimum atomic E-state index is -0.579. The molecule has 0 fully saturated rings. The van der Waals surface area contributed by atoms with Crippen molar-refractivity contribution in [3.05, 3.63) is 76.1 Å². The maximum Gasteiger partial charge on any atom is 0.224 e. The summed E-state index contributed by atoms with van der Waals surface area (Å²) >= 11 is 6.59. The minimum absolute atomic E-state index is 0.0707. The van der Waals surface area contributed by atoms with Crippen molar-refractivity contribution in [3.8, 4) is 16.9 Å². The van der Waals surface area contributed by atoms with Gasteiger partial charge in [-0.25, -0.2) is 4.39 Å². The number of phenolic OH excluding ortho intramolecular Hbond substituents is 1. The predicted octanol–water partition coefficient (Wildman–Crippen LogP) is 4.40. The summed E-state index contributed by atoms with van der Waals surface area (Å²) in [5.41, 5.74) is 14.3. The molecule has 9 heteroatoms. The Morgan fingerprint density at radius 1 is 1.21 bits per heavy atom. The van der Waals surface area contributed by atoms with Crippen LogP contribution in [0.5, 0.6) is 5.75 Å². The fourth-order valence-corrected chi connectivity index (χ4v) is 3.87. The number of hydrogen-bond donors (Lipinski definition) is 6. The topological polar surface area (TPSA) is 137 Å². The molecule has 0 unspecified atom stereocenters. The van der Waals surface area contributed by atoms with Crippen LogP contribution >= 0.6 is 11.6 Å². The highest BCUT2D eigenvalue weighted by molar-refractivity contribution is 6.34. The lowest BCUT2D eigenvalue weighted by Crippen LogP contribution is -2.25. The van der Waals surface area contributed by atoms with Gasteiger partial charge in [0.2, 0.25) is 5.91 Å². The zero-order valence-electron chi connectivity index (χ0n) is 18.7. The van der Waals surface area contributed by atoms with Gasteiger partial charge >= 0.3 is 0 Å². The van der Waals surface area contributed by atoms with Gasteiger partial charge < -0.3 is 27.2 Å². The van der Waals surface area contributed by atoms with Gasteiger partial charge in [0, 0.05) is 41.0 Å². The van der Waals surface area contributed by atoms with Gasteiger partial charge in [0.15, 0.2) is 0 Å². The molecule has 8 N–H and O–H groups in total. The second kappa shape index (κ2) is 10.9. The van der Waals surface area contributed by atoms with E-state index < -0.39 is 11.7 Å². The third-order valence-electron chi connectivity index (χ3n) is 5.27. The monoisotopic (exact) mass is 483 g/mol. The zero-order valence-corrected chi connectivity index (χ0v) is 19.5. The van der Waals surface area contributed by atoms with Crippen LogP contribution in [-0.4, -0.2) is 23.4 Å². The highest BCUT2D eigenvalue weighted by Gasteiger charge is 2.21. The third kappa shape index (κ3) is 5.77. The molecule has 0 atom stereocenters. The van der Waals surface area contributed by atoms with Crippen LogP contribution in [0, 0.1) is 11.2 Å². The molecular weight excluding hydrogens is 457 g/mol. The first-order valence-corrected chi connectivity index (χ1v) is 11.1. The number of amidine groups is 1. The Hall–Kier alpha value is -3.78. The normalized spacial score (nSPS) is 10.7. The maximum atomic E-state index is 14.3. The first-order valence-electron chi connectivity index (χ1n) is 10.7. The molecule has 0 bridgehead atoms. The number of hydrogen-bond acceptors (Lipinski definition) is 5. The number of carbonyl (C=O) groups excluding carboxylic acids is 1. The number of nitrogen functional groups attached to an aromatic ring is 2. The van der Waals surface area contributed by atoms with Gasteiger partial charge in [-0.15, -0.1) is 0 Å². The van der Waals surface area contributed by atoms with Gasteiger partial charge in [0.05, 0.1) is 17.1 Å². The summed E-state index contributed by atoms with van der Waals surface area (Å²) in [4.78, 5) is 12.8. The van der Waals surface area contributed by atoms with Gasteiger partial charge in [-0.05, 0) is 36.2 Å². The van der Waals surface area contributed by atoms with Crippen LogP contribution in [0.15, 0.2) is 48.5 Å². The van der Waals surface area contributed by atoms with E-state index in [0.29, 0.717) is 39.6 Å². The second-order valence-electron chi connectivity index (χ2n) is 7.83. The van der Waals surface area contributed by atoms with Crippen LogP contribution < -0.4 is 22.1 Å². The van der Waals surface area contributed by atoms with E-state index in [0.717, 1.165) is 12.5 Å². The third-order valence-corrected chi connectivity index (χ3v) is 5.57. The molecule has 34 heavy (non-hydrogen) atoms. The van der Waals surface area contributed by atoms with E-state index in [1.54, 1.807) is 30.3 Å². The van der Waals surface area contributed by atoms with E-state index in [4.69, 9.17) is 28.5 Å². The first kappa shape index (κ1) is 24.9. The number of phenols is 1. The fraction of sp³-hybridized carbons (Fsp3) is 0.200. The van der Waals surface area contributed by atoms with Gasteiger partial charge in [0.1, 0.15) is 17.4 Å². The van der Waals surface area contributed by atoms with Crippen LogP contribution in [-0.2, 0) is 17.8 Å².